The summed E-state index contributed by atoms with van der Waals surface area (Å²) < 4.78 is 5.41. The first-order chi connectivity index (χ1) is 13.5. The third-order valence-corrected chi connectivity index (χ3v) is 3.55. The lowest BCUT2D eigenvalue weighted by atomic mass is 10.2. The Labute approximate surface area is 166 Å². The number of likely N-dealkylation sites (N-methyl/N-ethyl adjacent to an activating group) is 1. The molecule has 0 heterocycles. The molecule has 2 aromatic rings. The molecule has 0 aliphatic carbocycles. The molecule has 3 N–H and O–H groups in total. The minimum Gasteiger partial charge on any atom is -0.484 e. The van der Waals surface area contributed by atoms with E-state index in [4.69, 9.17) is 16.3 Å². The Morgan fingerprint density at radius 3 is 2.36 bits per heavy atom. The van der Waals surface area contributed by atoms with E-state index >= 15 is 0 Å². The van der Waals surface area contributed by atoms with E-state index in [0.29, 0.717) is 28.6 Å². The summed E-state index contributed by atoms with van der Waals surface area (Å²) in [5.74, 6) is -1.40. The van der Waals surface area contributed by atoms with Crippen LogP contribution < -0.4 is 20.8 Å². The molecule has 3 amide bonds. The maximum absolute atomic E-state index is 11.9. The molecule has 0 aliphatic heterocycles. The van der Waals surface area contributed by atoms with Crippen LogP contribution in [0.4, 0.5) is 5.69 Å². The Hall–Kier alpha value is -3.39. The lowest BCUT2D eigenvalue weighted by Gasteiger charge is -2.08. The van der Waals surface area contributed by atoms with Crippen molar-refractivity contribution in [3.63, 3.8) is 0 Å². The van der Waals surface area contributed by atoms with E-state index in [1.807, 2.05) is 0 Å². The number of nitrogens with one attached hydrogen (secondary N) is 3. The van der Waals surface area contributed by atoms with E-state index in [1.54, 1.807) is 55.5 Å². The maximum atomic E-state index is 11.9. The van der Waals surface area contributed by atoms with Gasteiger partial charge in [0.05, 0.1) is 6.21 Å². The summed E-state index contributed by atoms with van der Waals surface area (Å²) >= 11 is 5.79. The van der Waals surface area contributed by atoms with Gasteiger partial charge in [-0.25, -0.2) is 5.43 Å². The van der Waals surface area contributed by atoms with E-state index in [1.165, 1.54) is 6.21 Å². The Morgan fingerprint density at radius 1 is 1.04 bits per heavy atom. The average Bonchev–Trinajstić information content (AvgIpc) is 2.69. The van der Waals surface area contributed by atoms with E-state index in [9.17, 15) is 14.4 Å². The quantitative estimate of drug-likeness (QED) is 0.373. The number of ether oxygens (including phenoxy) is 1. The van der Waals surface area contributed by atoms with Crippen LogP contribution in [0.2, 0.25) is 5.02 Å². The molecule has 146 valence electrons. The van der Waals surface area contributed by atoms with Crippen molar-refractivity contribution in [2.45, 2.75) is 6.92 Å². The van der Waals surface area contributed by atoms with Crippen molar-refractivity contribution in [3.8, 4) is 5.75 Å². The second-order valence-corrected chi connectivity index (χ2v) is 5.91. The molecule has 2 aromatic carbocycles. The fourth-order valence-corrected chi connectivity index (χ4v) is 2.11. The Morgan fingerprint density at radius 2 is 1.71 bits per heavy atom. The first-order valence-corrected chi connectivity index (χ1v) is 8.75. The molecule has 9 heteroatoms. The molecule has 0 aromatic heterocycles. The number of carbonyl (C=O) groups excluding carboxylic acids is 3. The van der Waals surface area contributed by atoms with Crippen LogP contribution in [-0.2, 0) is 14.4 Å². The van der Waals surface area contributed by atoms with Crippen LogP contribution in [-0.4, -0.2) is 37.1 Å². The van der Waals surface area contributed by atoms with Crippen molar-refractivity contribution < 1.29 is 19.1 Å². The largest absolute Gasteiger partial charge is 0.484 e. The third-order valence-electron chi connectivity index (χ3n) is 3.30. The lowest BCUT2D eigenvalue weighted by molar-refractivity contribution is -0.139. The zero-order chi connectivity index (χ0) is 20.4. The lowest BCUT2D eigenvalue weighted by Crippen LogP contribution is -2.37. The van der Waals surface area contributed by atoms with Crippen molar-refractivity contribution >= 4 is 41.2 Å². The predicted octanol–water partition coefficient (Wildman–Crippen LogP) is 1.94. The van der Waals surface area contributed by atoms with E-state index in [2.05, 4.69) is 21.2 Å². The molecule has 2 rings (SSSR count). The van der Waals surface area contributed by atoms with Gasteiger partial charge in [-0.3, -0.25) is 14.4 Å². The molecule has 0 saturated heterocycles. The smallest absolute Gasteiger partial charge is 0.329 e. The molecular formula is C19H19ClN4O4. The van der Waals surface area contributed by atoms with Gasteiger partial charge < -0.3 is 15.4 Å². The summed E-state index contributed by atoms with van der Waals surface area (Å²) in [4.78, 5) is 34.5. The Bertz CT molecular complexity index is 851. The minimum atomic E-state index is -0.843. The first kappa shape index (κ1) is 20.9. The highest BCUT2D eigenvalue weighted by atomic mass is 35.5. The third kappa shape index (κ3) is 7.08. The summed E-state index contributed by atoms with van der Waals surface area (Å²) in [6.07, 6.45) is 1.38. The van der Waals surface area contributed by atoms with Gasteiger partial charge in [0.25, 0.3) is 5.91 Å². The number of halogens is 1. The SMILES string of the molecule is CCNC(=O)C(=O)N/N=C\c1ccc(OCC(=O)Nc2ccc(Cl)cc2)cc1. The normalized spacial score (nSPS) is 10.4. The highest BCUT2D eigenvalue weighted by Gasteiger charge is 2.10. The van der Waals surface area contributed by atoms with Crippen molar-refractivity contribution in [3.05, 3.63) is 59.1 Å². The van der Waals surface area contributed by atoms with Gasteiger partial charge in [0, 0.05) is 17.3 Å². The summed E-state index contributed by atoms with van der Waals surface area (Å²) in [6.45, 7) is 1.91. The number of carbonyl (C=O) groups is 3. The van der Waals surface area contributed by atoms with Gasteiger partial charge >= 0.3 is 11.8 Å². The molecule has 0 unspecified atom stereocenters. The minimum absolute atomic E-state index is 0.154. The van der Waals surface area contributed by atoms with Gasteiger partial charge in [-0.2, -0.15) is 5.10 Å². The molecule has 28 heavy (non-hydrogen) atoms. The fraction of sp³-hybridized carbons (Fsp3) is 0.158. The first-order valence-electron chi connectivity index (χ1n) is 8.37. The van der Waals surface area contributed by atoms with Crippen molar-refractivity contribution in [2.75, 3.05) is 18.5 Å². The molecule has 0 spiro atoms. The van der Waals surface area contributed by atoms with Gasteiger partial charge in [0.2, 0.25) is 0 Å². The molecule has 0 fully saturated rings. The van der Waals surface area contributed by atoms with Crippen LogP contribution in [0.3, 0.4) is 0 Å². The summed E-state index contributed by atoms with van der Waals surface area (Å²) in [5.41, 5.74) is 3.42. The van der Waals surface area contributed by atoms with E-state index in [0.717, 1.165) is 0 Å². The molecule has 0 aliphatic rings. The molecule has 0 saturated carbocycles. The Balaban J connectivity index is 1.78. The van der Waals surface area contributed by atoms with Crippen molar-refractivity contribution in [2.24, 2.45) is 5.10 Å². The topological polar surface area (TPSA) is 109 Å². The number of hydrogen-bond acceptors (Lipinski definition) is 5. The van der Waals surface area contributed by atoms with Crippen LogP contribution in [0, 0.1) is 0 Å². The van der Waals surface area contributed by atoms with Crippen molar-refractivity contribution in [1.82, 2.24) is 10.7 Å². The van der Waals surface area contributed by atoms with Gasteiger partial charge in [-0.1, -0.05) is 11.6 Å². The van der Waals surface area contributed by atoms with Gasteiger partial charge in [-0.05, 0) is 61.0 Å². The Kier molecular flexibility index (Phi) is 7.98. The summed E-state index contributed by atoms with van der Waals surface area (Å²) in [7, 11) is 0. The van der Waals surface area contributed by atoms with Gasteiger partial charge in [-0.15, -0.1) is 0 Å². The van der Waals surface area contributed by atoms with Crippen LogP contribution in [0.15, 0.2) is 53.6 Å². The fourth-order valence-electron chi connectivity index (χ4n) is 1.99. The number of rotatable bonds is 7. The second-order valence-electron chi connectivity index (χ2n) is 5.47. The van der Waals surface area contributed by atoms with Gasteiger partial charge in [0.15, 0.2) is 6.61 Å². The number of hydrazone groups is 1. The molecule has 0 radical (unpaired) electrons. The molecular weight excluding hydrogens is 384 g/mol. The summed E-state index contributed by atoms with van der Waals surface area (Å²) in [5, 5.41) is 9.34. The van der Waals surface area contributed by atoms with Crippen molar-refractivity contribution in [1.29, 1.82) is 0 Å². The van der Waals surface area contributed by atoms with Crippen LogP contribution in [0.5, 0.6) is 5.75 Å². The van der Waals surface area contributed by atoms with Gasteiger partial charge in [0.1, 0.15) is 5.75 Å². The highest BCUT2D eigenvalue weighted by molar-refractivity contribution is 6.35. The molecule has 0 atom stereocenters. The van der Waals surface area contributed by atoms with Crippen LogP contribution in [0.1, 0.15) is 12.5 Å². The van der Waals surface area contributed by atoms with Crippen LogP contribution >= 0.6 is 11.6 Å². The number of benzene rings is 2. The standard InChI is InChI=1S/C19H19ClN4O4/c1-2-21-18(26)19(27)24-22-11-13-3-9-16(10-4-13)28-12-17(25)23-15-7-5-14(20)6-8-15/h3-11H,2,12H2,1H3,(H,21,26)(H,23,25)(H,24,27)/b22-11-. The predicted molar refractivity (Wildman–Crippen MR) is 106 cm³/mol. The monoisotopic (exact) mass is 402 g/mol. The van der Waals surface area contributed by atoms with E-state index < -0.39 is 11.8 Å². The highest BCUT2D eigenvalue weighted by Crippen LogP contribution is 2.14. The summed E-state index contributed by atoms with van der Waals surface area (Å²) in [6, 6.07) is 13.4. The number of nitrogens with zero attached hydrogens (tertiary/aromatic N) is 1. The number of anilines is 1. The second kappa shape index (κ2) is 10.7. The van der Waals surface area contributed by atoms with E-state index in [-0.39, 0.29) is 12.5 Å². The number of amides is 3. The molecule has 8 nitrogen and oxygen atoms in total. The maximum Gasteiger partial charge on any atom is 0.329 e. The molecule has 0 bridgehead atoms. The number of hydrogen-bond donors (Lipinski definition) is 3. The zero-order valence-corrected chi connectivity index (χ0v) is 15.8. The zero-order valence-electron chi connectivity index (χ0n) is 15.1. The average molecular weight is 403 g/mol. The van der Waals surface area contributed by atoms with Crippen LogP contribution in [0.25, 0.3) is 0 Å².